The van der Waals surface area contributed by atoms with Gasteiger partial charge in [0.2, 0.25) is 0 Å². The first kappa shape index (κ1) is 14.5. The molecule has 0 bridgehead atoms. The van der Waals surface area contributed by atoms with Gasteiger partial charge in [0.05, 0.1) is 24.4 Å². The first-order valence-corrected chi connectivity index (χ1v) is 5.40. The van der Waals surface area contributed by atoms with Gasteiger partial charge in [0.1, 0.15) is 5.82 Å². The third kappa shape index (κ3) is 3.46. The molecule has 6 heteroatoms. The van der Waals surface area contributed by atoms with Crippen LogP contribution < -0.4 is 4.90 Å². The zero-order valence-corrected chi connectivity index (χ0v) is 9.87. The number of nitrogens with zero attached hydrogens (tertiary/aromatic N) is 1. The van der Waals surface area contributed by atoms with Crippen molar-refractivity contribution in [2.75, 3.05) is 24.6 Å². The number of ketones is 1. The van der Waals surface area contributed by atoms with E-state index in [9.17, 15) is 18.0 Å². The number of benzene rings is 1. The van der Waals surface area contributed by atoms with Crippen LogP contribution in [0, 0.1) is 5.82 Å². The minimum Gasteiger partial charge on any atom is -0.395 e. The van der Waals surface area contributed by atoms with Crippen molar-refractivity contribution in [3.63, 3.8) is 0 Å². The molecule has 0 radical (unpaired) electrons. The number of carbonyl (C=O) groups is 1. The van der Waals surface area contributed by atoms with E-state index in [0.29, 0.717) is 0 Å². The third-order valence-electron chi connectivity index (χ3n) is 2.41. The number of alkyl halides is 2. The highest BCUT2D eigenvalue weighted by Gasteiger charge is 2.20. The van der Waals surface area contributed by atoms with Gasteiger partial charge in [-0.3, -0.25) is 4.79 Å². The topological polar surface area (TPSA) is 40.5 Å². The molecule has 0 aliphatic heterocycles. The lowest BCUT2D eigenvalue weighted by atomic mass is 10.1. The molecule has 1 aromatic rings. The Bertz CT molecular complexity index is 424. The summed E-state index contributed by atoms with van der Waals surface area (Å²) in [7, 11) is 0. The van der Waals surface area contributed by atoms with Gasteiger partial charge in [-0.25, -0.2) is 13.2 Å². The van der Waals surface area contributed by atoms with E-state index in [2.05, 4.69) is 0 Å². The summed E-state index contributed by atoms with van der Waals surface area (Å²) in [5.41, 5.74) is -0.150. The van der Waals surface area contributed by atoms with Gasteiger partial charge in [0.15, 0.2) is 5.78 Å². The summed E-state index contributed by atoms with van der Waals surface area (Å²) in [6.07, 6.45) is -2.64. The Morgan fingerprint density at radius 2 is 2.11 bits per heavy atom. The number of carbonyl (C=O) groups excluding carboxylic acids is 1. The average molecular weight is 261 g/mol. The first-order chi connectivity index (χ1) is 8.47. The third-order valence-corrected chi connectivity index (χ3v) is 2.41. The molecule has 0 aromatic heterocycles. The van der Waals surface area contributed by atoms with E-state index in [1.165, 1.54) is 19.1 Å². The molecule has 0 fully saturated rings. The predicted molar refractivity (Wildman–Crippen MR) is 61.7 cm³/mol. The van der Waals surface area contributed by atoms with Gasteiger partial charge < -0.3 is 10.0 Å². The number of rotatable bonds is 6. The molecule has 0 saturated heterocycles. The van der Waals surface area contributed by atoms with Crippen molar-refractivity contribution in [3.05, 3.63) is 29.6 Å². The van der Waals surface area contributed by atoms with E-state index in [1.807, 2.05) is 0 Å². The maximum atomic E-state index is 13.5. The fourth-order valence-corrected chi connectivity index (χ4v) is 1.72. The molecule has 0 spiro atoms. The molecule has 0 aliphatic carbocycles. The molecule has 1 aromatic carbocycles. The summed E-state index contributed by atoms with van der Waals surface area (Å²) >= 11 is 0. The largest absolute Gasteiger partial charge is 0.395 e. The molecule has 0 heterocycles. The second kappa shape index (κ2) is 6.39. The number of hydrogen-bond donors (Lipinski definition) is 1. The standard InChI is InChI=1S/C12H14F3NO2/c1-8(18)12-9(13)3-2-4-10(12)16(5-6-17)7-11(14)15/h2-4,11,17H,5-7H2,1H3. The molecule has 0 atom stereocenters. The highest BCUT2D eigenvalue weighted by molar-refractivity contribution is 6.00. The second-order valence-corrected chi connectivity index (χ2v) is 3.75. The fraction of sp³-hybridized carbons (Fsp3) is 0.417. The second-order valence-electron chi connectivity index (χ2n) is 3.75. The van der Waals surface area contributed by atoms with Gasteiger partial charge in [-0.1, -0.05) is 6.07 Å². The van der Waals surface area contributed by atoms with Gasteiger partial charge in [-0.05, 0) is 19.1 Å². The van der Waals surface area contributed by atoms with Gasteiger partial charge in [-0.2, -0.15) is 0 Å². The van der Waals surface area contributed by atoms with E-state index in [-0.39, 0.29) is 24.4 Å². The summed E-state index contributed by atoms with van der Waals surface area (Å²) < 4.78 is 38.4. The zero-order valence-electron chi connectivity index (χ0n) is 9.87. The lowest BCUT2D eigenvalue weighted by Gasteiger charge is -2.25. The fourth-order valence-electron chi connectivity index (χ4n) is 1.72. The van der Waals surface area contributed by atoms with Crippen molar-refractivity contribution < 1.29 is 23.1 Å². The Kier molecular flexibility index (Phi) is 5.15. The van der Waals surface area contributed by atoms with E-state index >= 15 is 0 Å². The van der Waals surface area contributed by atoms with Crippen molar-refractivity contribution in [1.29, 1.82) is 0 Å². The summed E-state index contributed by atoms with van der Waals surface area (Å²) in [6.45, 7) is 0.0559. The van der Waals surface area contributed by atoms with Gasteiger partial charge in [0, 0.05) is 6.54 Å². The number of aliphatic hydroxyl groups is 1. The van der Waals surface area contributed by atoms with E-state index < -0.39 is 24.6 Å². The maximum Gasteiger partial charge on any atom is 0.255 e. The van der Waals surface area contributed by atoms with Crippen LogP contribution in [0.2, 0.25) is 0 Å². The molecule has 0 amide bonds. The summed E-state index contributed by atoms with van der Waals surface area (Å²) in [6, 6.07) is 3.82. The molecule has 1 rings (SSSR count). The molecule has 0 aliphatic rings. The minimum absolute atomic E-state index is 0.0804. The summed E-state index contributed by atoms with van der Waals surface area (Å²) in [4.78, 5) is 12.5. The first-order valence-electron chi connectivity index (χ1n) is 5.40. The normalized spacial score (nSPS) is 10.8. The molecular formula is C12H14F3NO2. The molecule has 100 valence electrons. The van der Waals surface area contributed by atoms with Crippen LogP contribution in [0.3, 0.4) is 0 Å². The monoisotopic (exact) mass is 261 g/mol. The van der Waals surface area contributed by atoms with Crippen LogP contribution in [0.5, 0.6) is 0 Å². The molecule has 0 saturated carbocycles. The molecule has 18 heavy (non-hydrogen) atoms. The van der Waals surface area contributed by atoms with Crippen LogP contribution in [0.15, 0.2) is 18.2 Å². The highest BCUT2D eigenvalue weighted by atomic mass is 19.3. The van der Waals surface area contributed by atoms with Crippen molar-refractivity contribution >= 4 is 11.5 Å². The van der Waals surface area contributed by atoms with Crippen LogP contribution in [0.1, 0.15) is 17.3 Å². The quantitative estimate of drug-likeness (QED) is 0.797. The smallest absolute Gasteiger partial charge is 0.255 e. The van der Waals surface area contributed by atoms with Crippen LogP contribution in [-0.2, 0) is 0 Å². The number of Topliss-reactive ketones (excluding diaryl/α,β-unsaturated/α-hetero) is 1. The predicted octanol–water partition coefficient (Wildman–Crippen LogP) is 2.09. The van der Waals surface area contributed by atoms with Gasteiger partial charge in [0.25, 0.3) is 6.43 Å². The van der Waals surface area contributed by atoms with Crippen LogP contribution in [0.4, 0.5) is 18.9 Å². The number of halogens is 3. The number of anilines is 1. The zero-order chi connectivity index (χ0) is 13.7. The lowest BCUT2D eigenvalue weighted by Crippen LogP contribution is -2.33. The Labute approximate surface area is 103 Å². The van der Waals surface area contributed by atoms with Crippen molar-refractivity contribution in [1.82, 2.24) is 0 Å². The molecule has 1 N–H and O–H groups in total. The Morgan fingerprint density at radius 1 is 1.44 bits per heavy atom. The average Bonchev–Trinajstić information content (AvgIpc) is 2.27. The SMILES string of the molecule is CC(=O)c1c(F)cccc1N(CCO)CC(F)F. The summed E-state index contributed by atoms with van der Waals surface area (Å²) in [5, 5.41) is 8.84. The Morgan fingerprint density at radius 3 is 2.61 bits per heavy atom. The summed E-state index contributed by atoms with van der Waals surface area (Å²) in [5.74, 6) is -1.29. The lowest BCUT2D eigenvalue weighted by molar-refractivity contribution is 0.101. The number of aliphatic hydroxyl groups excluding tert-OH is 1. The molecule has 0 unspecified atom stereocenters. The van der Waals surface area contributed by atoms with Crippen molar-refractivity contribution in [3.8, 4) is 0 Å². The van der Waals surface area contributed by atoms with E-state index in [0.717, 1.165) is 11.0 Å². The molecular weight excluding hydrogens is 247 g/mol. The van der Waals surface area contributed by atoms with Gasteiger partial charge >= 0.3 is 0 Å². The van der Waals surface area contributed by atoms with Crippen LogP contribution in [0.25, 0.3) is 0 Å². The van der Waals surface area contributed by atoms with Crippen LogP contribution in [-0.4, -0.2) is 37.0 Å². The van der Waals surface area contributed by atoms with E-state index in [4.69, 9.17) is 5.11 Å². The Balaban J connectivity index is 3.18. The van der Waals surface area contributed by atoms with Gasteiger partial charge in [-0.15, -0.1) is 0 Å². The Hall–Kier alpha value is -1.56. The van der Waals surface area contributed by atoms with Crippen molar-refractivity contribution in [2.24, 2.45) is 0 Å². The maximum absolute atomic E-state index is 13.5. The number of hydrogen-bond acceptors (Lipinski definition) is 3. The van der Waals surface area contributed by atoms with Crippen LogP contribution >= 0.6 is 0 Å². The minimum atomic E-state index is -2.64. The van der Waals surface area contributed by atoms with E-state index in [1.54, 1.807) is 0 Å². The highest BCUT2D eigenvalue weighted by Crippen LogP contribution is 2.24. The van der Waals surface area contributed by atoms with Crippen molar-refractivity contribution in [2.45, 2.75) is 13.3 Å². The molecule has 3 nitrogen and oxygen atoms in total.